The third kappa shape index (κ3) is 5.75. The molecule has 0 saturated carbocycles. The van der Waals surface area contributed by atoms with Crippen LogP contribution in [0.5, 0.6) is 0 Å². The number of aryl methyl sites for hydroxylation is 1. The molecule has 1 N–H and O–H groups in total. The molecular weight excluding hydrogens is 202 g/mol. The highest BCUT2D eigenvalue weighted by Crippen LogP contribution is 2.10. The van der Waals surface area contributed by atoms with Gasteiger partial charge in [0.05, 0.1) is 0 Å². The third-order valence-corrected chi connectivity index (χ3v) is 3.41. The Labute approximate surface area is 97.2 Å². The van der Waals surface area contributed by atoms with Crippen molar-refractivity contribution in [3.63, 3.8) is 0 Å². The van der Waals surface area contributed by atoms with Crippen LogP contribution in [0.25, 0.3) is 0 Å². The van der Waals surface area contributed by atoms with Gasteiger partial charge in [0.2, 0.25) is 0 Å². The second-order valence-electron chi connectivity index (χ2n) is 3.90. The lowest BCUT2D eigenvalue weighted by Gasteiger charge is -2.11. The standard InChI is InChI=1S/C13H21NS/c1-3-4-7-12(2)14-10-5-8-13-9-6-11-15-13/h3,6,9,11-12,14H,1,4-5,7-8,10H2,2H3. The normalized spacial score (nSPS) is 12.6. The summed E-state index contributed by atoms with van der Waals surface area (Å²) in [4.78, 5) is 1.50. The fourth-order valence-electron chi connectivity index (χ4n) is 1.54. The molecule has 0 aliphatic carbocycles. The zero-order chi connectivity index (χ0) is 10.9. The fourth-order valence-corrected chi connectivity index (χ4v) is 2.29. The molecule has 15 heavy (non-hydrogen) atoms. The van der Waals surface area contributed by atoms with Crippen LogP contribution < -0.4 is 5.32 Å². The van der Waals surface area contributed by atoms with Crippen LogP contribution in [0.1, 0.15) is 31.1 Å². The monoisotopic (exact) mass is 223 g/mol. The molecule has 1 atom stereocenters. The molecule has 2 heteroatoms. The first-order chi connectivity index (χ1) is 7.33. The van der Waals surface area contributed by atoms with Gasteiger partial charge in [0.1, 0.15) is 0 Å². The maximum absolute atomic E-state index is 3.74. The summed E-state index contributed by atoms with van der Waals surface area (Å²) in [6.45, 7) is 7.10. The second kappa shape index (κ2) is 7.66. The topological polar surface area (TPSA) is 12.0 Å². The van der Waals surface area contributed by atoms with Crippen LogP contribution >= 0.6 is 11.3 Å². The first kappa shape index (κ1) is 12.5. The molecule has 1 aromatic rings. The average molecular weight is 223 g/mol. The van der Waals surface area contributed by atoms with Crippen LogP contribution in [-0.4, -0.2) is 12.6 Å². The summed E-state index contributed by atoms with van der Waals surface area (Å²) >= 11 is 1.85. The van der Waals surface area contributed by atoms with E-state index in [1.807, 2.05) is 17.4 Å². The number of nitrogens with one attached hydrogen (secondary N) is 1. The molecule has 0 amide bonds. The lowest BCUT2D eigenvalue weighted by molar-refractivity contribution is 0.511. The van der Waals surface area contributed by atoms with Gasteiger partial charge in [0.25, 0.3) is 0 Å². The minimum absolute atomic E-state index is 0.617. The van der Waals surface area contributed by atoms with Crippen molar-refractivity contribution < 1.29 is 0 Å². The summed E-state index contributed by atoms with van der Waals surface area (Å²) in [5, 5.41) is 5.68. The molecule has 0 bridgehead atoms. The predicted molar refractivity (Wildman–Crippen MR) is 69.5 cm³/mol. The van der Waals surface area contributed by atoms with Crippen LogP contribution in [0.3, 0.4) is 0 Å². The van der Waals surface area contributed by atoms with Gasteiger partial charge in [-0.25, -0.2) is 0 Å². The van der Waals surface area contributed by atoms with Gasteiger partial charge in [-0.2, -0.15) is 0 Å². The van der Waals surface area contributed by atoms with Gasteiger partial charge in [0.15, 0.2) is 0 Å². The molecule has 0 fully saturated rings. The van der Waals surface area contributed by atoms with Gasteiger partial charge < -0.3 is 5.32 Å². The molecule has 0 aliphatic heterocycles. The minimum Gasteiger partial charge on any atom is -0.314 e. The first-order valence-electron chi connectivity index (χ1n) is 5.69. The number of thiophene rings is 1. The van der Waals surface area contributed by atoms with Gasteiger partial charge in [-0.15, -0.1) is 17.9 Å². The van der Waals surface area contributed by atoms with Crippen molar-refractivity contribution in [1.82, 2.24) is 5.32 Å². The Hall–Kier alpha value is -0.600. The molecule has 0 radical (unpaired) electrons. The van der Waals surface area contributed by atoms with Crippen molar-refractivity contribution in [3.8, 4) is 0 Å². The van der Waals surface area contributed by atoms with Crippen molar-refractivity contribution in [2.75, 3.05) is 6.54 Å². The third-order valence-electron chi connectivity index (χ3n) is 2.48. The van der Waals surface area contributed by atoms with Gasteiger partial charge in [-0.1, -0.05) is 12.1 Å². The molecular formula is C13H21NS. The molecule has 1 aromatic heterocycles. The average Bonchev–Trinajstić information content (AvgIpc) is 2.74. The van der Waals surface area contributed by atoms with Gasteiger partial charge in [-0.05, 0) is 50.6 Å². The summed E-state index contributed by atoms with van der Waals surface area (Å²) in [7, 11) is 0. The van der Waals surface area contributed by atoms with Crippen LogP contribution in [0.2, 0.25) is 0 Å². The molecule has 1 heterocycles. The van der Waals surface area contributed by atoms with E-state index in [9.17, 15) is 0 Å². The minimum atomic E-state index is 0.617. The van der Waals surface area contributed by atoms with Crippen molar-refractivity contribution in [1.29, 1.82) is 0 Å². The van der Waals surface area contributed by atoms with E-state index >= 15 is 0 Å². The molecule has 0 spiro atoms. The van der Waals surface area contributed by atoms with Crippen molar-refractivity contribution >= 4 is 11.3 Å². The van der Waals surface area contributed by atoms with E-state index in [2.05, 4.69) is 36.3 Å². The highest BCUT2D eigenvalue weighted by atomic mass is 32.1. The fraction of sp³-hybridized carbons (Fsp3) is 0.538. The Morgan fingerprint density at radius 3 is 3.13 bits per heavy atom. The Balaban J connectivity index is 1.99. The Morgan fingerprint density at radius 2 is 2.47 bits per heavy atom. The van der Waals surface area contributed by atoms with E-state index < -0.39 is 0 Å². The molecule has 0 aliphatic rings. The van der Waals surface area contributed by atoms with Gasteiger partial charge in [0, 0.05) is 10.9 Å². The molecule has 0 saturated heterocycles. The highest BCUT2D eigenvalue weighted by Gasteiger charge is 1.99. The zero-order valence-corrected chi connectivity index (χ0v) is 10.4. The maximum atomic E-state index is 3.74. The first-order valence-corrected chi connectivity index (χ1v) is 6.57. The summed E-state index contributed by atoms with van der Waals surface area (Å²) < 4.78 is 0. The number of hydrogen-bond donors (Lipinski definition) is 1. The van der Waals surface area contributed by atoms with Crippen LogP contribution in [0.15, 0.2) is 30.2 Å². The molecule has 1 rings (SSSR count). The largest absolute Gasteiger partial charge is 0.314 e. The van der Waals surface area contributed by atoms with E-state index in [1.54, 1.807) is 0 Å². The number of allylic oxidation sites excluding steroid dienone is 1. The van der Waals surface area contributed by atoms with Crippen LogP contribution in [-0.2, 0) is 6.42 Å². The number of rotatable bonds is 8. The van der Waals surface area contributed by atoms with E-state index in [4.69, 9.17) is 0 Å². The van der Waals surface area contributed by atoms with E-state index in [0.29, 0.717) is 6.04 Å². The van der Waals surface area contributed by atoms with Crippen LogP contribution in [0, 0.1) is 0 Å². The Kier molecular flexibility index (Phi) is 6.37. The van der Waals surface area contributed by atoms with Gasteiger partial charge >= 0.3 is 0 Å². The van der Waals surface area contributed by atoms with Crippen molar-refractivity contribution in [2.24, 2.45) is 0 Å². The van der Waals surface area contributed by atoms with E-state index in [1.165, 1.54) is 24.1 Å². The van der Waals surface area contributed by atoms with E-state index in [0.717, 1.165) is 13.0 Å². The summed E-state index contributed by atoms with van der Waals surface area (Å²) in [5.41, 5.74) is 0. The van der Waals surface area contributed by atoms with E-state index in [-0.39, 0.29) is 0 Å². The summed E-state index contributed by atoms with van der Waals surface area (Å²) in [6.07, 6.45) is 6.74. The number of hydrogen-bond acceptors (Lipinski definition) is 2. The molecule has 84 valence electrons. The lowest BCUT2D eigenvalue weighted by atomic mass is 10.1. The van der Waals surface area contributed by atoms with Crippen molar-refractivity contribution in [2.45, 2.75) is 38.6 Å². The quantitative estimate of drug-likeness (QED) is 0.524. The predicted octanol–water partition coefficient (Wildman–Crippen LogP) is 3.63. The molecule has 1 unspecified atom stereocenters. The summed E-state index contributed by atoms with van der Waals surface area (Å²) in [6, 6.07) is 4.96. The molecule has 1 nitrogen and oxygen atoms in total. The maximum Gasteiger partial charge on any atom is 0.00457 e. The highest BCUT2D eigenvalue weighted by molar-refractivity contribution is 7.09. The zero-order valence-electron chi connectivity index (χ0n) is 9.54. The Morgan fingerprint density at radius 1 is 1.60 bits per heavy atom. The second-order valence-corrected chi connectivity index (χ2v) is 4.94. The molecule has 0 aromatic carbocycles. The Bertz CT molecular complexity index is 254. The van der Waals surface area contributed by atoms with Gasteiger partial charge in [-0.3, -0.25) is 0 Å². The lowest BCUT2D eigenvalue weighted by Crippen LogP contribution is -2.26. The van der Waals surface area contributed by atoms with Crippen molar-refractivity contribution in [3.05, 3.63) is 35.0 Å². The smallest absolute Gasteiger partial charge is 0.00457 e. The summed E-state index contributed by atoms with van der Waals surface area (Å²) in [5.74, 6) is 0. The van der Waals surface area contributed by atoms with Crippen LogP contribution in [0.4, 0.5) is 0 Å². The SMILES string of the molecule is C=CCCC(C)NCCCc1cccs1.